The second kappa shape index (κ2) is 7.75. The first kappa shape index (κ1) is 19.3. The predicted molar refractivity (Wildman–Crippen MR) is 113 cm³/mol. The summed E-state index contributed by atoms with van der Waals surface area (Å²) in [7, 11) is 0. The number of pyridine rings is 2. The fourth-order valence-electron chi connectivity index (χ4n) is 3.68. The van der Waals surface area contributed by atoms with Gasteiger partial charge in [-0.15, -0.1) is 12.4 Å². The van der Waals surface area contributed by atoms with Crippen LogP contribution < -0.4 is 14.8 Å². The van der Waals surface area contributed by atoms with Crippen LogP contribution in [0.4, 0.5) is 11.4 Å². The molecule has 0 aliphatic carbocycles. The number of halogens is 1. The molecule has 2 aliphatic rings. The Kier molecular flexibility index (Phi) is 5.15. The zero-order valence-corrected chi connectivity index (χ0v) is 16.8. The van der Waals surface area contributed by atoms with Crippen molar-refractivity contribution in [1.29, 1.82) is 0 Å². The molecule has 1 fully saturated rings. The van der Waals surface area contributed by atoms with Crippen LogP contribution in [0, 0.1) is 6.92 Å². The number of aromatic nitrogens is 2. The van der Waals surface area contributed by atoms with Crippen LogP contribution in [-0.2, 0) is 0 Å². The fourth-order valence-corrected chi connectivity index (χ4v) is 3.68. The number of anilines is 2. The van der Waals surface area contributed by atoms with Crippen molar-refractivity contribution in [1.82, 2.24) is 14.9 Å². The summed E-state index contributed by atoms with van der Waals surface area (Å²) >= 11 is 0. The van der Waals surface area contributed by atoms with Crippen LogP contribution in [0.15, 0.2) is 36.5 Å². The van der Waals surface area contributed by atoms with E-state index in [-0.39, 0.29) is 25.1 Å². The number of hydrogen-bond donors (Lipinski definition) is 1. The van der Waals surface area contributed by atoms with Gasteiger partial charge in [0, 0.05) is 42.1 Å². The van der Waals surface area contributed by atoms with E-state index in [0.29, 0.717) is 22.6 Å². The number of hydrogen-bond acceptors (Lipinski definition) is 6. The summed E-state index contributed by atoms with van der Waals surface area (Å²) in [5.74, 6) is 1.40. The summed E-state index contributed by atoms with van der Waals surface area (Å²) in [4.78, 5) is 24.0. The van der Waals surface area contributed by atoms with Crippen LogP contribution in [0.1, 0.15) is 28.9 Å². The van der Waals surface area contributed by atoms with Crippen molar-refractivity contribution in [3.8, 4) is 11.5 Å². The molecule has 1 N–H and O–H groups in total. The zero-order valence-electron chi connectivity index (χ0n) is 16.0. The summed E-state index contributed by atoms with van der Waals surface area (Å²) in [6.07, 6.45) is 3.71. The quantitative estimate of drug-likeness (QED) is 0.698. The first-order valence-corrected chi connectivity index (χ1v) is 9.41. The van der Waals surface area contributed by atoms with E-state index < -0.39 is 0 Å². The number of fused-ring (bicyclic) bond motifs is 2. The van der Waals surface area contributed by atoms with Gasteiger partial charge in [0.15, 0.2) is 17.1 Å². The summed E-state index contributed by atoms with van der Waals surface area (Å²) in [6.45, 7) is 3.72. The van der Waals surface area contributed by atoms with Gasteiger partial charge in [0.2, 0.25) is 6.79 Å². The highest BCUT2D eigenvalue weighted by Crippen LogP contribution is 2.37. The minimum Gasteiger partial charge on any atom is -0.454 e. The van der Waals surface area contributed by atoms with Crippen LogP contribution in [-0.4, -0.2) is 40.7 Å². The second-order valence-corrected chi connectivity index (χ2v) is 7.06. The Bertz CT molecular complexity index is 1080. The maximum atomic E-state index is 13.1. The maximum absolute atomic E-state index is 13.1. The van der Waals surface area contributed by atoms with Crippen molar-refractivity contribution < 1.29 is 14.3 Å². The average Bonchev–Trinajstić information content (AvgIpc) is 3.39. The number of carbonyl (C=O) groups excluding carboxylic acids is 1. The summed E-state index contributed by atoms with van der Waals surface area (Å²) in [5.41, 5.74) is 3.58. The molecule has 0 radical (unpaired) electrons. The van der Waals surface area contributed by atoms with Gasteiger partial charge in [-0.2, -0.15) is 0 Å². The van der Waals surface area contributed by atoms with Gasteiger partial charge in [0.05, 0.1) is 11.3 Å². The van der Waals surface area contributed by atoms with E-state index in [1.807, 2.05) is 42.2 Å². The highest BCUT2D eigenvalue weighted by Gasteiger charge is 2.24. The van der Waals surface area contributed by atoms with Crippen molar-refractivity contribution in [2.24, 2.45) is 0 Å². The molecule has 2 aliphatic heterocycles. The number of aryl methyl sites for hydroxylation is 1. The van der Waals surface area contributed by atoms with Crippen LogP contribution in [0.25, 0.3) is 11.0 Å². The van der Waals surface area contributed by atoms with E-state index in [0.717, 1.165) is 48.4 Å². The van der Waals surface area contributed by atoms with Crippen molar-refractivity contribution in [3.05, 3.63) is 47.8 Å². The standard InChI is InChI=1S/C21H20N4O3.ClH/c1-13-4-6-15-19(24-14-5-7-17-18(10-14)28-12-27-17)16(11-22-20(15)23-13)21(26)25-8-2-3-9-25;/h4-7,10-11H,2-3,8-9,12H2,1H3,(H,22,23,24);1H. The molecule has 8 heteroatoms. The molecule has 4 heterocycles. The van der Waals surface area contributed by atoms with Gasteiger partial charge in [-0.1, -0.05) is 0 Å². The van der Waals surface area contributed by atoms with Gasteiger partial charge < -0.3 is 19.7 Å². The maximum Gasteiger partial charge on any atom is 0.257 e. The van der Waals surface area contributed by atoms with Crippen LogP contribution in [0.2, 0.25) is 0 Å². The van der Waals surface area contributed by atoms with E-state index in [1.54, 1.807) is 6.20 Å². The molecular weight excluding hydrogens is 392 g/mol. The number of likely N-dealkylation sites (tertiary alicyclic amines) is 1. The Labute approximate surface area is 174 Å². The lowest BCUT2D eigenvalue weighted by Crippen LogP contribution is -2.28. The predicted octanol–water partition coefficient (Wildman–Crippen LogP) is 4.07. The number of ether oxygens (including phenoxy) is 2. The van der Waals surface area contributed by atoms with Crippen molar-refractivity contribution in [2.45, 2.75) is 19.8 Å². The number of carbonyl (C=O) groups is 1. The topological polar surface area (TPSA) is 76.6 Å². The fraction of sp³-hybridized carbons (Fsp3) is 0.286. The highest BCUT2D eigenvalue weighted by molar-refractivity contribution is 6.07. The smallest absolute Gasteiger partial charge is 0.257 e. The molecule has 1 amide bonds. The number of rotatable bonds is 3. The van der Waals surface area contributed by atoms with E-state index in [1.165, 1.54) is 0 Å². The molecule has 1 saturated heterocycles. The third-order valence-electron chi connectivity index (χ3n) is 5.13. The van der Waals surface area contributed by atoms with E-state index in [9.17, 15) is 4.79 Å². The van der Waals surface area contributed by atoms with Gasteiger partial charge in [-0.25, -0.2) is 9.97 Å². The van der Waals surface area contributed by atoms with Crippen LogP contribution in [0.5, 0.6) is 11.5 Å². The SMILES string of the molecule is Cc1ccc2c(Nc3ccc4c(c3)OCO4)c(C(=O)N3CCCC3)cnc2n1.Cl. The minimum atomic E-state index is -0.00396. The van der Waals surface area contributed by atoms with E-state index in [4.69, 9.17) is 9.47 Å². The lowest BCUT2D eigenvalue weighted by molar-refractivity contribution is 0.0793. The molecule has 0 saturated carbocycles. The van der Waals surface area contributed by atoms with Crippen molar-refractivity contribution >= 4 is 40.7 Å². The number of nitrogens with one attached hydrogen (secondary N) is 1. The average molecular weight is 413 g/mol. The minimum absolute atomic E-state index is 0. The highest BCUT2D eigenvalue weighted by atomic mass is 35.5. The first-order chi connectivity index (χ1) is 13.7. The largest absolute Gasteiger partial charge is 0.454 e. The van der Waals surface area contributed by atoms with Crippen molar-refractivity contribution in [2.75, 3.05) is 25.2 Å². The Balaban J connectivity index is 0.00000205. The van der Waals surface area contributed by atoms with Crippen LogP contribution >= 0.6 is 12.4 Å². The molecule has 0 atom stereocenters. The molecule has 150 valence electrons. The molecule has 5 rings (SSSR count). The van der Waals surface area contributed by atoms with Gasteiger partial charge in [0.25, 0.3) is 5.91 Å². The molecule has 2 aromatic heterocycles. The molecule has 7 nitrogen and oxygen atoms in total. The number of amides is 1. The van der Waals surface area contributed by atoms with Gasteiger partial charge in [-0.05, 0) is 44.0 Å². The summed E-state index contributed by atoms with van der Waals surface area (Å²) in [5, 5.41) is 4.22. The number of benzene rings is 1. The van der Waals surface area contributed by atoms with Gasteiger partial charge in [-0.3, -0.25) is 4.79 Å². The second-order valence-electron chi connectivity index (χ2n) is 7.06. The monoisotopic (exact) mass is 412 g/mol. The first-order valence-electron chi connectivity index (χ1n) is 9.41. The molecule has 0 unspecified atom stereocenters. The van der Waals surface area contributed by atoms with Gasteiger partial charge in [0.1, 0.15) is 0 Å². The van der Waals surface area contributed by atoms with Gasteiger partial charge >= 0.3 is 0 Å². The van der Waals surface area contributed by atoms with Crippen LogP contribution in [0.3, 0.4) is 0 Å². The molecule has 0 spiro atoms. The zero-order chi connectivity index (χ0) is 19.1. The Morgan fingerprint density at radius 1 is 1.10 bits per heavy atom. The molecular formula is C21H21ClN4O3. The summed E-state index contributed by atoms with van der Waals surface area (Å²) < 4.78 is 10.9. The Morgan fingerprint density at radius 3 is 2.72 bits per heavy atom. The van der Waals surface area contributed by atoms with Crippen molar-refractivity contribution in [3.63, 3.8) is 0 Å². The molecule has 29 heavy (non-hydrogen) atoms. The lowest BCUT2D eigenvalue weighted by Gasteiger charge is -2.19. The Hall–Kier alpha value is -3.06. The molecule has 3 aromatic rings. The Morgan fingerprint density at radius 2 is 1.90 bits per heavy atom. The third-order valence-corrected chi connectivity index (χ3v) is 5.13. The molecule has 1 aromatic carbocycles. The third kappa shape index (κ3) is 3.53. The molecule has 0 bridgehead atoms. The summed E-state index contributed by atoms with van der Waals surface area (Å²) in [6, 6.07) is 9.53. The lowest BCUT2D eigenvalue weighted by atomic mass is 10.1. The number of nitrogens with zero attached hydrogens (tertiary/aromatic N) is 3. The van der Waals surface area contributed by atoms with E-state index in [2.05, 4.69) is 15.3 Å². The van der Waals surface area contributed by atoms with E-state index >= 15 is 0 Å². The normalized spacial score (nSPS) is 14.7.